The molecule has 0 fully saturated rings. The molecule has 0 amide bonds. The third-order valence-corrected chi connectivity index (χ3v) is 12.3. The molecular formula is C55H41NO2. The summed E-state index contributed by atoms with van der Waals surface area (Å²) < 4.78 is 13.5. The summed E-state index contributed by atoms with van der Waals surface area (Å²) in [6, 6.07) is 52.5. The lowest BCUT2D eigenvalue weighted by atomic mass is 9.69. The average Bonchev–Trinajstić information content (AvgIpc) is 3.75. The maximum absolute atomic E-state index is 6.91. The first-order chi connectivity index (χ1) is 28.8. The average molecular weight is 748 g/mol. The van der Waals surface area contributed by atoms with Gasteiger partial charge in [-0.1, -0.05) is 152 Å². The standard InChI is InChI=1S/C55H41NO2/c1-3-17-38(18-4-1)42-23-7-8-24-43(42)39-19-15-22-41(37-39)56(40-20-5-2-6-21-40)52-31-16-32-53-54(52)58-36-34-51-47(33-35-57-53)46-27-11-14-30-50(46)55(51)48-28-12-9-25-44(48)45-26-10-13-29-49(45)55/h1,3-5,7-22,24-37,42H,2,6,23H2/b35-33+,36-34+. The van der Waals surface area contributed by atoms with Gasteiger partial charge >= 0.3 is 0 Å². The van der Waals surface area contributed by atoms with Crippen LogP contribution in [0.4, 0.5) is 11.4 Å². The summed E-state index contributed by atoms with van der Waals surface area (Å²) in [5.74, 6) is 1.58. The first-order valence-electron chi connectivity index (χ1n) is 20.3. The summed E-state index contributed by atoms with van der Waals surface area (Å²) in [4.78, 5) is 2.32. The summed E-state index contributed by atoms with van der Waals surface area (Å²) >= 11 is 0. The van der Waals surface area contributed by atoms with Gasteiger partial charge in [-0.15, -0.1) is 0 Å². The number of allylic oxidation sites excluding steroid dienone is 11. The zero-order valence-corrected chi connectivity index (χ0v) is 32.1. The van der Waals surface area contributed by atoms with Gasteiger partial charge in [-0.2, -0.15) is 0 Å². The number of nitrogens with zero attached hydrogens (tertiary/aromatic N) is 1. The molecule has 0 N–H and O–H groups in total. The van der Waals surface area contributed by atoms with Gasteiger partial charge in [0.25, 0.3) is 0 Å². The summed E-state index contributed by atoms with van der Waals surface area (Å²) in [6.07, 6.45) is 24.6. The molecule has 0 saturated carbocycles. The first-order valence-corrected chi connectivity index (χ1v) is 20.3. The number of para-hydroxylation sites is 1. The molecule has 4 aliphatic carbocycles. The molecule has 6 aromatic carbocycles. The van der Waals surface area contributed by atoms with E-state index in [2.05, 4.69) is 193 Å². The molecule has 58 heavy (non-hydrogen) atoms. The molecule has 0 saturated heterocycles. The van der Waals surface area contributed by atoms with Crippen molar-refractivity contribution in [1.29, 1.82) is 0 Å². The highest BCUT2D eigenvalue weighted by Gasteiger charge is 2.51. The van der Waals surface area contributed by atoms with Crippen LogP contribution in [0.25, 0.3) is 22.3 Å². The maximum Gasteiger partial charge on any atom is 0.192 e. The van der Waals surface area contributed by atoms with Crippen molar-refractivity contribution in [2.45, 2.75) is 30.6 Å². The predicted octanol–water partition coefficient (Wildman–Crippen LogP) is 13.8. The van der Waals surface area contributed by atoms with Crippen LogP contribution in [0.15, 0.2) is 218 Å². The van der Waals surface area contributed by atoms with E-state index in [0.29, 0.717) is 11.5 Å². The fraction of sp³-hybridized carbons (Fsp3) is 0.0909. The van der Waals surface area contributed by atoms with Gasteiger partial charge in [-0.05, 0) is 123 Å². The molecule has 3 nitrogen and oxygen atoms in total. The molecule has 3 heteroatoms. The van der Waals surface area contributed by atoms with Crippen LogP contribution in [-0.2, 0) is 5.41 Å². The van der Waals surface area contributed by atoms with Crippen LogP contribution in [0.3, 0.4) is 0 Å². The molecular weight excluding hydrogens is 707 g/mol. The van der Waals surface area contributed by atoms with E-state index < -0.39 is 5.41 Å². The van der Waals surface area contributed by atoms with Crippen molar-refractivity contribution in [3.63, 3.8) is 0 Å². The highest BCUT2D eigenvalue weighted by molar-refractivity contribution is 5.98. The van der Waals surface area contributed by atoms with Crippen molar-refractivity contribution in [1.82, 2.24) is 0 Å². The number of ether oxygens (including phenoxy) is 2. The topological polar surface area (TPSA) is 21.7 Å². The molecule has 0 aromatic heterocycles. The molecule has 1 unspecified atom stereocenters. The molecule has 1 spiro atoms. The molecule has 11 rings (SSSR count). The molecule has 1 heterocycles. The maximum atomic E-state index is 6.91. The number of anilines is 2. The minimum absolute atomic E-state index is 0.282. The molecule has 1 aliphatic heterocycles. The van der Waals surface area contributed by atoms with Crippen molar-refractivity contribution in [2.75, 3.05) is 4.90 Å². The van der Waals surface area contributed by atoms with E-state index in [-0.39, 0.29) is 5.92 Å². The fourth-order valence-electron chi connectivity index (χ4n) is 9.93. The molecule has 0 radical (unpaired) electrons. The van der Waals surface area contributed by atoms with Crippen molar-refractivity contribution in [2.24, 2.45) is 0 Å². The molecule has 5 aliphatic rings. The summed E-state index contributed by atoms with van der Waals surface area (Å²) in [5.41, 5.74) is 16.3. The van der Waals surface area contributed by atoms with Crippen LogP contribution >= 0.6 is 0 Å². The van der Waals surface area contributed by atoms with Crippen molar-refractivity contribution in [3.05, 3.63) is 251 Å². The highest BCUT2D eigenvalue weighted by atomic mass is 16.5. The second-order valence-electron chi connectivity index (χ2n) is 15.4. The third-order valence-electron chi connectivity index (χ3n) is 12.3. The zero-order valence-electron chi connectivity index (χ0n) is 32.1. The Morgan fingerprint density at radius 1 is 0.586 bits per heavy atom. The minimum Gasteiger partial charge on any atom is -0.461 e. The van der Waals surface area contributed by atoms with E-state index in [9.17, 15) is 0 Å². The fourth-order valence-corrected chi connectivity index (χ4v) is 9.93. The van der Waals surface area contributed by atoms with Crippen LogP contribution in [-0.4, -0.2) is 0 Å². The Morgan fingerprint density at radius 2 is 1.29 bits per heavy atom. The van der Waals surface area contributed by atoms with Gasteiger partial charge in [0.05, 0.1) is 23.6 Å². The summed E-state index contributed by atoms with van der Waals surface area (Å²) in [5, 5.41) is 0. The Morgan fingerprint density at radius 3 is 2.07 bits per heavy atom. The number of hydrogen-bond acceptors (Lipinski definition) is 3. The predicted molar refractivity (Wildman–Crippen MR) is 237 cm³/mol. The van der Waals surface area contributed by atoms with E-state index in [1.807, 2.05) is 18.6 Å². The van der Waals surface area contributed by atoms with Gasteiger partial charge in [0.2, 0.25) is 0 Å². The van der Waals surface area contributed by atoms with E-state index in [4.69, 9.17) is 9.47 Å². The summed E-state index contributed by atoms with van der Waals surface area (Å²) in [7, 11) is 0. The van der Waals surface area contributed by atoms with Gasteiger partial charge in [0.15, 0.2) is 11.5 Å². The minimum atomic E-state index is -0.504. The van der Waals surface area contributed by atoms with E-state index in [1.165, 1.54) is 50.1 Å². The second-order valence-corrected chi connectivity index (χ2v) is 15.4. The molecule has 0 bridgehead atoms. The summed E-state index contributed by atoms with van der Waals surface area (Å²) in [6.45, 7) is 0. The lowest BCUT2D eigenvalue weighted by molar-refractivity contribution is 0.417. The number of rotatable bonds is 5. The van der Waals surface area contributed by atoms with Gasteiger partial charge in [0, 0.05) is 17.3 Å². The Labute approximate surface area is 340 Å². The SMILES string of the molecule is C1=CCC(c2ccccc2)C(c2cccc(N(C3=CCCC=C3)c3cccc4c3O/C=C/C3=C(/C=C/O4)c4ccccc4C34c3ccccc3-c3ccccc34)c2)=C1. The number of fused-ring (bicyclic) bond motifs is 10. The van der Waals surface area contributed by atoms with Crippen molar-refractivity contribution in [3.8, 4) is 22.6 Å². The quantitative estimate of drug-likeness (QED) is 0.175. The van der Waals surface area contributed by atoms with Crippen LogP contribution in [0.5, 0.6) is 11.5 Å². The molecule has 6 aromatic rings. The zero-order chi connectivity index (χ0) is 38.5. The van der Waals surface area contributed by atoms with Gasteiger partial charge in [-0.3, -0.25) is 0 Å². The van der Waals surface area contributed by atoms with Crippen molar-refractivity contribution < 1.29 is 9.47 Å². The monoisotopic (exact) mass is 747 g/mol. The highest BCUT2D eigenvalue weighted by Crippen LogP contribution is 2.62. The Hall–Kier alpha value is -7.10. The Bertz CT molecular complexity index is 2780. The second kappa shape index (κ2) is 14.1. The van der Waals surface area contributed by atoms with E-state index in [0.717, 1.165) is 47.5 Å². The van der Waals surface area contributed by atoms with E-state index >= 15 is 0 Å². The van der Waals surface area contributed by atoms with E-state index in [1.54, 1.807) is 0 Å². The van der Waals surface area contributed by atoms with Crippen LogP contribution < -0.4 is 14.4 Å². The molecule has 1 atom stereocenters. The Balaban J connectivity index is 1.04. The lowest BCUT2D eigenvalue weighted by Gasteiger charge is -2.32. The van der Waals surface area contributed by atoms with Gasteiger partial charge < -0.3 is 14.4 Å². The van der Waals surface area contributed by atoms with Crippen molar-refractivity contribution >= 4 is 22.5 Å². The number of benzene rings is 6. The van der Waals surface area contributed by atoms with Crippen LogP contribution in [0.2, 0.25) is 0 Å². The number of hydrogen-bond donors (Lipinski definition) is 0. The van der Waals surface area contributed by atoms with Crippen LogP contribution in [0.1, 0.15) is 58.6 Å². The van der Waals surface area contributed by atoms with Crippen LogP contribution in [0, 0.1) is 0 Å². The lowest BCUT2D eigenvalue weighted by Crippen LogP contribution is -2.26. The molecule has 278 valence electrons. The third kappa shape index (κ3) is 5.34. The first kappa shape index (κ1) is 34.2. The smallest absolute Gasteiger partial charge is 0.192 e. The Kier molecular flexibility index (Phi) is 8.32. The normalized spacial score (nSPS) is 19.0. The largest absolute Gasteiger partial charge is 0.461 e. The van der Waals surface area contributed by atoms with Gasteiger partial charge in [0.1, 0.15) is 0 Å². The van der Waals surface area contributed by atoms with Gasteiger partial charge in [-0.25, -0.2) is 0 Å².